The largest absolute Gasteiger partial charge is 0.369 e. The smallest absolute Gasteiger partial charge is 0.277 e. The molecule has 1 amide bonds. The average molecular weight is 360 g/mol. The fourth-order valence-corrected chi connectivity index (χ4v) is 3.01. The molecule has 3 heterocycles. The number of aliphatic hydroxyl groups is 1. The molecule has 1 atom stereocenters. The fraction of sp³-hybridized carbons (Fsp3) is 0.200. The molecule has 1 saturated heterocycles. The van der Waals surface area contributed by atoms with Crippen molar-refractivity contribution in [3.8, 4) is 23.1 Å². The zero-order valence-electron chi connectivity index (χ0n) is 14.6. The van der Waals surface area contributed by atoms with Crippen molar-refractivity contribution in [1.29, 1.82) is 0 Å². The third-order valence-corrected chi connectivity index (χ3v) is 4.57. The van der Waals surface area contributed by atoms with Gasteiger partial charge in [-0.1, -0.05) is 24.0 Å². The maximum absolute atomic E-state index is 12.0. The summed E-state index contributed by atoms with van der Waals surface area (Å²) in [5, 5.41) is 10.4. The van der Waals surface area contributed by atoms with Crippen molar-refractivity contribution in [2.75, 3.05) is 13.6 Å². The highest BCUT2D eigenvalue weighted by Gasteiger charge is 2.42. The molecule has 0 aliphatic carbocycles. The van der Waals surface area contributed by atoms with Gasteiger partial charge in [-0.2, -0.15) is 0 Å². The normalized spacial score (nSPS) is 19.2. The van der Waals surface area contributed by atoms with Crippen molar-refractivity contribution >= 4 is 16.9 Å². The number of hydrogen-bond acceptors (Lipinski definition) is 5. The lowest BCUT2D eigenvalue weighted by atomic mass is 10.0. The van der Waals surface area contributed by atoms with Gasteiger partial charge in [0.15, 0.2) is 5.52 Å². The molecule has 7 nitrogen and oxygen atoms in total. The molecule has 0 saturated carbocycles. The van der Waals surface area contributed by atoms with Gasteiger partial charge in [0.05, 0.1) is 17.5 Å². The van der Waals surface area contributed by atoms with E-state index in [1.54, 1.807) is 31.3 Å². The van der Waals surface area contributed by atoms with Crippen LogP contribution in [0.15, 0.2) is 47.5 Å². The molecule has 1 aliphatic heterocycles. The van der Waals surface area contributed by atoms with Gasteiger partial charge in [0.2, 0.25) is 5.60 Å². The molecular weight excluding hydrogens is 344 g/mol. The lowest BCUT2D eigenvalue weighted by Gasteiger charge is -2.13. The molecule has 0 radical (unpaired) electrons. The number of hydrogen-bond donors (Lipinski definition) is 2. The van der Waals surface area contributed by atoms with Gasteiger partial charge in [-0.15, -0.1) is 0 Å². The number of amides is 1. The minimum Gasteiger partial charge on any atom is -0.369 e. The monoisotopic (exact) mass is 360 g/mol. The Balaban J connectivity index is 1.70. The number of carbonyl (C=O) groups is 1. The molecule has 1 fully saturated rings. The molecule has 134 valence electrons. The van der Waals surface area contributed by atoms with Crippen LogP contribution in [0.5, 0.6) is 0 Å². The second kappa shape index (κ2) is 6.34. The summed E-state index contributed by atoms with van der Waals surface area (Å²) in [7, 11) is 1.64. The Morgan fingerprint density at radius 3 is 2.89 bits per heavy atom. The molecule has 0 unspecified atom stereocenters. The molecule has 2 N–H and O–H groups in total. The first-order chi connectivity index (χ1) is 13.0. The maximum atomic E-state index is 12.0. The van der Waals surface area contributed by atoms with Gasteiger partial charge in [-0.25, -0.2) is 9.97 Å². The number of fused-ring (bicyclic) bond motifs is 1. The number of nitrogens with zero attached hydrogens (tertiary/aromatic N) is 3. The highest BCUT2D eigenvalue weighted by molar-refractivity contribution is 5.90. The molecule has 2 aromatic heterocycles. The van der Waals surface area contributed by atoms with Gasteiger partial charge in [0.1, 0.15) is 0 Å². The number of pyridine rings is 1. The minimum atomic E-state index is -1.63. The number of benzene rings is 1. The Kier molecular flexibility index (Phi) is 3.98. The van der Waals surface area contributed by atoms with Crippen LogP contribution in [0.4, 0.5) is 0 Å². The lowest BCUT2D eigenvalue weighted by molar-refractivity contribution is -0.137. The Morgan fingerprint density at radius 1 is 1.26 bits per heavy atom. The number of rotatable bonds is 1. The second-order valence-electron chi connectivity index (χ2n) is 6.46. The molecule has 0 spiro atoms. The Labute approximate surface area is 154 Å². The number of likely N-dealkylation sites (N-methyl/N-ethyl adjacent to an activating group) is 1. The topological polar surface area (TPSA) is 99.2 Å². The lowest BCUT2D eigenvalue weighted by Crippen LogP contribution is -2.37. The van der Waals surface area contributed by atoms with Gasteiger partial charge in [0.25, 0.3) is 11.5 Å². The number of H-pyrrole nitrogens is 1. The quantitative estimate of drug-likeness (QED) is 0.629. The van der Waals surface area contributed by atoms with Gasteiger partial charge < -0.3 is 15.0 Å². The van der Waals surface area contributed by atoms with E-state index >= 15 is 0 Å². The van der Waals surface area contributed by atoms with Crippen LogP contribution in [-0.4, -0.2) is 50.1 Å². The summed E-state index contributed by atoms with van der Waals surface area (Å²) in [6.07, 6.45) is 1.63. The molecular formula is C20H16N4O3. The first kappa shape index (κ1) is 16.9. The van der Waals surface area contributed by atoms with E-state index in [9.17, 15) is 14.7 Å². The van der Waals surface area contributed by atoms with E-state index in [1.165, 1.54) is 11.2 Å². The molecule has 7 heteroatoms. The van der Waals surface area contributed by atoms with E-state index in [1.807, 2.05) is 12.1 Å². The fourth-order valence-electron chi connectivity index (χ4n) is 3.01. The average Bonchev–Trinajstić information content (AvgIpc) is 2.95. The third-order valence-electron chi connectivity index (χ3n) is 4.57. The highest BCUT2D eigenvalue weighted by Crippen LogP contribution is 2.22. The first-order valence-corrected chi connectivity index (χ1v) is 8.42. The van der Waals surface area contributed by atoms with Crippen molar-refractivity contribution in [3.05, 3.63) is 58.6 Å². The van der Waals surface area contributed by atoms with Crippen LogP contribution < -0.4 is 5.56 Å². The molecule has 1 aromatic carbocycles. The molecule has 4 rings (SSSR count). The third kappa shape index (κ3) is 3.07. The van der Waals surface area contributed by atoms with Gasteiger partial charge in [-0.05, 0) is 24.3 Å². The van der Waals surface area contributed by atoms with E-state index in [4.69, 9.17) is 0 Å². The van der Waals surface area contributed by atoms with Crippen LogP contribution in [0.25, 0.3) is 22.3 Å². The van der Waals surface area contributed by atoms with E-state index < -0.39 is 5.60 Å². The van der Waals surface area contributed by atoms with E-state index in [-0.39, 0.29) is 23.4 Å². The first-order valence-electron chi connectivity index (χ1n) is 8.42. The highest BCUT2D eigenvalue weighted by atomic mass is 16.3. The summed E-state index contributed by atoms with van der Waals surface area (Å²) in [4.78, 5) is 36.4. The number of likely N-dealkylation sites (tertiary alicyclic amines) is 1. The number of nitrogens with one attached hydrogen (secondary N) is 1. The maximum Gasteiger partial charge on any atom is 0.277 e. The summed E-state index contributed by atoms with van der Waals surface area (Å²) in [6.45, 7) is 0.480. The van der Waals surface area contributed by atoms with Crippen LogP contribution in [0.1, 0.15) is 12.0 Å². The summed E-state index contributed by atoms with van der Waals surface area (Å²) in [6, 6.07) is 10.8. The van der Waals surface area contributed by atoms with Crippen molar-refractivity contribution in [2.24, 2.45) is 0 Å². The predicted octanol–water partition coefficient (Wildman–Crippen LogP) is 0.930. The van der Waals surface area contributed by atoms with Crippen LogP contribution >= 0.6 is 0 Å². The van der Waals surface area contributed by atoms with Crippen molar-refractivity contribution in [3.63, 3.8) is 0 Å². The van der Waals surface area contributed by atoms with Crippen molar-refractivity contribution < 1.29 is 9.90 Å². The number of aromatic amines is 1. The molecule has 1 aliphatic rings. The minimum absolute atomic E-state index is 0.264. The molecule has 0 bridgehead atoms. The zero-order valence-corrected chi connectivity index (χ0v) is 14.6. The van der Waals surface area contributed by atoms with E-state index in [0.717, 1.165) is 5.56 Å². The summed E-state index contributed by atoms with van der Waals surface area (Å²) < 4.78 is 0. The summed E-state index contributed by atoms with van der Waals surface area (Å²) in [5.74, 6) is 5.20. The number of aromatic nitrogens is 3. The van der Waals surface area contributed by atoms with Gasteiger partial charge in [-0.3, -0.25) is 9.59 Å². The van der Waals surface area contributed by atoms with Crippen LogP contribution in [0, 0.1) is 11.8 Å². The van der Waals surface area contributed by atoms with Crippen LogP contribution in [0.2, 0.25) is 0 Å². The van der Waals surface area contributed by atoms with Crippen LogP contribution in [0.3, 0.4) is 0 Å². The van der Waals surface area contributed by atoms with E-state index in [2.05, 4.69) is 26.8 Å². The SMILES string of the molecule is CN1CC[C@](O)(C#Cc2cccc(-c3ccc4nc[nH]c(=O)c4n3)c2)C1=O. The van der Waals surface area contributed by atoms with Gasteiger partial charge >= 0.3 is 0 Å². The zero-order chi connectivity index (χ0) is 19.0. The predicted molar refractivity (Wildman–Crippen MR) is 99.7 cm³/mol. The molecule has 27 heavy (non-hydrogen) atoms. The van der Waals surface area contributed by atoms with Crippen molar-refractivity contribution in [1.82, 2.24) is 19.9 Å². The summed E-state index contributed by atoms with van der Waals surface area (Å²) >= 11 is 0. The Hall–Kier alpha value is -3.50. The van der Waals surface area contributed by atoms with Gasteiger partial charge in [0, 0.05) is 31.1 Å². The van der Waals surface area contributed by atoms with E-state index in [0.29, 0.717) is 23.3 Å². The Bertz CT molecular complexity index is 1170. The Morgan fingerprint density at radius 2 is 2.11 bits per heavy atom. The standard InChI is InChI=1S/C20H16N4O3/c1-24-10-9-20(27,19(24)26)8-7-13-3-2-4-14(11-13)15-5-6-16-17(23-15)18(25)22-12-21-16/h2-6,11-12,27H,9-10H2,1H3,(H,21,22,25)/t20-/m1/s1. The van der Waals surface area contributed by atoms with Crippen LogP contribution in [-0.2, 0) is 4.79 Å². The second-order valence-corrected chi connectivity index (χ2v) is 6.46. The van der Waals surface area contributed by atoms with Crippen molar-refractivity contribution in [2.45, 2.75) is 12.0 Å². The molecule has 3 aromatic rings. The summed E-state index contributed by atoms with van der Waals surface area (Å²) in [5.41, 5.74) is 0.873. The number of carbonyl (C=O) groups excluding carboxylic acids is 1.